The highest BCUT2D eigenvalue weighted by Crippen LogP contribution is 2.25. The number of nitrogens with zero attached hydrogens (tertiary/aromatic N) is 2. The van der Waals surface area contributed by atoms with E-state index in [4.69, 9.17) is 21.1 Å². The number of benzene rings is 3. The minimum Gasteiger partial charge on any atom is -0.497 e. The van der Waals surface area contributed by atoms with E-state index in [1.165, 1.54) is 5.56 Å². The molecule has 0 saturated carbocycles. The van der Waals surface area contributed by atoms with Crippen LogP contribution in [0.25, 0.3) is 0 Å². The molecule has 0 unspecified atom stereocenters. The molecule has 0 radical (unpaired) electrons. The van der Waals surface area contributed by atoms with Gasteiger partial charge in [0.1, 0.15) is 5.75 Å². The standard InChI is InChI=1S/C29H33ClN2O3/c1-3-22-10-12-24(13-11-22)29(33)32-16-14-31(15-17-32)20-28(25-7-5-9-27(19-25)34-2)35-21-23-6-4-8-26(30)18-23/h4-13,18-19,28H,3,14-17,20-21H2,1-2H3/t28-/m1/s1. The van der Waals surface area contributed by atoms with Crippen molar-refractivity contribution in [2.75, 3.05) is 39.8 Å². The molecule has 5 nitrogen and oxygen atoms in total. The molecule has 1 fully saturated rings. The Labute approximate surface area is 213 Å². The number of aryl methyl sites for hydroxylation is 1. The number of methoxy groups -OCH3 is 1. The molecule has 1 saturated heterocycles. The van der Waals surface area contributed by atoms with Gasteiger partial charge in [0, 0.05) is 43.3 Å². The minimum absolute atomic E-state index is 0.105. The van der Waals surface area contributed by atoms with Crippen LogP contribution in [0.4, 0.5) is 0 Å². The average molecular weight is 493 g/mol. The van der Waals surface area contributed by atoms with Gasteiger partial charge in [-0.25, -0.2) is 0 Å². The highest BCUT2D eigenvalue weighted by Gasteiger charge is 2.25. The second-order valence-electron chi connectivity index (χ2n) is 8.85. The molecule has 6 heteroatoms. The van der Waals surface area contributed by atoms with Crippen molar-refractivity contribution in [2.45, 2.75) is 26.1 Å². The maximum Gasteiger partial charge on any atom is 0.253 e. The van der Waals surface area contributed by atoms with Gasteiger partial charge in [0.05, 0.1) is 19.8 Å². The monoisotopic (exact) mass is 492 g/mol. The normalized spacial score (nSPS) is 15.1. The van der Waals surface area contributed by atoms with Crippen LogP contribution < -0.4 is 4.74 Å². The third-order valence-corrected chi connectivity index (χ3v) is 6.73. The van der Waals surface area contributed by atoms with Gasteiger partial charge >= 0.3 is 0 Å². The first kappa shape index (κ1) is 25.2. The third-order valence-electron chi connectivity index (χ3n) is 6.50. The Hall–Kier alpha value is -2.86. The first-order valence-corrected chi connectivity index (χ1v) is 12.5. The number of carbonyl (C=O) groups excluding carboxylic acids is 1. The van der Waals surface area contributed by atoms with Gasteiger partial charge in [-0.15, -0.1) is 0 Å². The minimum atomic E-state index is -0.132. The Bertz CT molecular complexity index is 1110. The zero-order valence-electron chi connectivity index (χ0n) is 20.5. The van der Waals surface area contributed by atoms with Crippen LogP contribution >= 0.6 is 11.6 Å². The molecule has 4 rings (SSSR count). The summed E-state index contributed by atoms with van der Waals surface area (Å²) in [6.45, 7) is 6.34. The molecule has 1 atom stereocenters. The SMILES string of the molecule is CCc1ccc(C(=O)N2CCN(C[C@@H](OCc3cccc(Cl)c3)c3cccc(OC)c3)CC2)cc1. The average Bonchev–Trinajstić information content (AvgIpc) is 2.91. The second kappa shape index (κ2) is 12.2. The summed E-state index contributed by atoms with van der Waals surface area (Å²) in [5, 5.41) is 0.703. The lowest BCUT2D eigenvalue weighted by Crippen LogP contribution is -2.49. The highest BCUT2D eigenvalue weighted by atomic mass is 35.5. The predicted octanol–water partition coefficient (Wildman–Crippen LogP) is 5.63. The Morgan fingerprint density at radius 3 is 2.37 bits per heavy atom. The van der Waals surface area contributed by atoms with Crippen LogP contribution in [0.3, 0.4) is 0 Å². The zero-order chi connectivity index (χ0) is 24.6. The molecule has 0 aromatic heterocycles. The van der Waals surface area contributed by atoms with Gasteiger partial charge in [-0.3, -0.25) is 9.69 Å². The van der Waals surface area contributed by atoms with Gasteiger partial charge in [-0.1, -0.05) is 54.9 Å². The van der Waals surface area contributed by atoms with E-state index in [0.717, 1.165) is 48.5 Å². The van der Waals surface area contributed by atoms with Crippen molar-refractivity contribution in [3.8, 4) is 5.75 Å². The maximum atomic E-state index is 13.0. The number of amides is 1. The molecule has 1 heterocycles. The van der Waals surface area contributed by atoms with Crippen LogP contribution in [0, 0.1) is 0 Å². The van der Waals surface area contributed by atoms with Crippen molar-refractivity contribution in [2.24, 2.45) is 0 Å². The van der Waals surface area contributed by atoms with Crippen LogP contribution in [0.15, 0.2) is 72.8 Å². The fraction of sp³-hybridized carbons (Fsp3) is 0.345. The smallest absolute Gasteiger partial charge is 0.253 e. The highest BCUT2D eigenvalue weighted by molar-refractivity contribution is 6.30. The number of piperazine rings is 1. The van der Waals surface area contributed by atoms with Crippen molar-refractivity contribution in [1.29, 1.82) is 0 Å². The van der Waals surface area contributed by atoms with Gasteiger partial charge in [0.25, 0.3) is 5.91 Å². The van der Waals surface area contributed by atoms with Crippen LogP contribution in [-0.4, -0.2) is 55.5 Å². The Morgan fingerprint density at radius 2 is 1.69 bits per heavy atom. The molecular weight excluding hydrogens is 460 g/mol. The van der Waals surface area contributed by atoms with Gasteiger partial charge in [-0.2, -0.15) is 0 Å². The summed E-state index contributed by atoms with van der Waals surface area (Å²) in [5.41, 5.74) is 4.11. The molecular formula is C29H33ClN2O3. The number of halogens is 1. The lowest BCUT2D eigenvalue weighted by Gasteiger charge is -2.36. The third kappa shape index (κ3) is 6.85. The quantitative estimate of drug-likeness (QED) is 0.388. The van der Waals surface area contributed by atoms with E-state index in [-0.39, 0.29) is 12.0 Å². The topological polar surface area (TPSA) is 42.0 Å². The molecule has 1 aliphatic heterocycles. The summed E-state index contributed by atoms with van der Waals surface area (Å²) >= 11 is 6.16. The molecule has 0 aliphatic carbocycles. The van der Waals surface area contributed by atoms with Crippen molar-refractivity contribution in [1.82, 2.24) is 9.80 Å². The van der Waals surface area contributed by atoms with Crippen LogP contribution in [0.2, 0.25) is 5.02 Å². The van der Waals surface area contributed by atoms with Gasteiger partial charge in [0.15, 0.2) is 0 Å². The molecule has 1 aliphatic rings. The molecule has 0 bridgehead atoms. The van der Waals surface area contributed by atoms with E-state index < -0.39 is 0 Å². The van der Waals surface area contributed by atoms with Crippen LogP contribution in [0.5, 0.6) is 5.75 Å². The summed E-state index contributed by atoms with van der Waals surface area (Å²) < 4.78 is 11.8. The lowest BCUT2D eigenvalue weighted by atomic mass is 10.1. The van der Waals surface area contributed by atoms with Crippen molar-refractivity contribution in [3.05, 3.63) is 100 Å². The first-order valence-electron chi connectivity index (χ1n) is 12.2. The number of hydrogen-bond acceptors (Lipinski definition) is 4. The van der Waals surface area contributed by atoms with E-state index >= 15 is 0 Å². The molecule has 184 valence electrons. The number of hydrogen-bond donors (Lipinski definition) is 0. The summed E-state index contributed by atoms with van der Waals surface area (Å²) in [6, 6.07) is 23.8. The molecule has 0 spiro atoms. The van der Waals surface area contributed by atoms with Gasteiger partial charge in [0.2, 0.25) is 0 Å². The van der Waals surface area contributed by atoms with Crippen LogP contribution in [0.1, 0.15) is 40.1 Å². The largest absolute Gasteiger partial charge is 0.497 e. The fourth-order valence-electron chi connectivity index (χ4n) is 4.35. The number of rotatable bonds is 9. The van der Waals surface area contributed by atoms with E-state index in [1.807, 2.05) is 71.6 Å². The predicted molar refractivity (Wildman–Crippen MR) is 140 cm³/mol. The molecule has 35 heavy (non-hydrogen) atoms. The van der Waals surface area contributed by atoms with Crippen molar-refractivity contribution in [3.63, 3.8) is 0 Å². The van der Waals surface area contributed by atoms with Crippen molar-refractivity contribution >= 4 is 17.5 Å². The van der Waals surface area contributed by atoms with Crippen LogP contribution in [-0.2, 0) is 17.8 Å². The first-order chi connectivity index (χ1) is 17.1. The summed E-state index contributed by atoms with van der Waals surface area (Å²) in [6.07, 6.45) is 0.842. The molecule has 3 aromatic carbocycles. The molecule has 3 aromatic rings. The van der Waals surface area contributed by atoms with Gasteiger partial charge < -0.3 is 14.4 Å². The molecule has 0 N–H and O–H groups in total. The second-order valence-corrected chi connectivity index (χ2v) is 9.29. The fourth-order valence-corrected chi connectivity index (χ4v) is 4.57. The van der Waals surface area contributed by atoms with Gasteiger partial charge in [-0.05, 0) is 59.5 Å². The number of carbonyl (C=O) groups is 1. The van der Waals surface area contributed by atoms with Crippen molar-refractivity contribution < 1.29 is 14.3 Å². The summed E-state index contributed by atoms with van der Waals surface area (Å²) in [4.78, 5) is 17.3. The maximum absolute atomic E-state index is 13.0. The Morgan fingerprint density at radius 1 is 0.943 bits per heavy atom. The van der Waals surface area contributed by atoms with E-state index in [2.05, 4.69) is 17.9 Å². The molecule has 1 amide bonds. The zero-order valence-corrected chi connectivity index (χ0v) is 21.2. The summed E-state index contributed by atoms with van der Waals surface area (Å²) in [5.74, 6) is 0.914. The van der Waals surface area contributed by atoms with E-state index in [1.54, 1.807) is 7.11 Å². The van der Waals surface area contributed by atoms with E-state index in [0.29, 0.717) is 24.7 Å². The van der Waals surface area contributed by atoms with E-state index in [9.17, 15) is 4.79 Å². The number of ether oxygens (including phenoxy) is 2. The Kier molecular flexibility index (Phi) is 8.80. The summed E-state index contributed by atoms with van der Waals surface area (Å²) in [7, 11) is 1.67. The lowest BCUT2D eigenvalue weighted by molar-refractivity contribution is 0.00333. The Balaban J connectivity index is 1.39.